The summed E-state index contributed by atoms with van der Waals surface area (Å²) in [7, 11) is 0. The lowest BCUT2D eigenvalue weighted by Crippen LogP contribution is -2.39. The summed E-state index contributed by atoms with van der Waals surface area (Å²) < 4.78 is 5.31. The van der Waals surface area contributed by atoms with Crippen LogP contribution in [0, 0.1) is 12.8 Å². The minimum absolute atomic E-state index is 0.128. The van der Waals surface area contributed by atoms with Crippen LogP contribution in [0.4, 0.5) is 5.95 Å². The van der Waals surface area contributed by atoms with Gasteiger partial charge >= 0.3 is 0 Å². The van der Waals surface area contributed by atoms with E-state index in [4.69, 9.17) is 10.3 Å². The Labute approximate surface area is 146 Å². The van der Waals surface area contributed by atoms with Gasteiger partial charge in [-0.3, -0.25) is 4.79 Å². The number of rotatable bonds is 4. The van der Waals surface area contributed by atoms with Gasteiger partial charge in [-0.1, -0.05) is 19.0 Å². The van der Waals surface area contributed by atoms with Gasteiger partial charge in [0.1, 0.15) is 11.7 Å². The van der Waals surface area contributed by atoms with E-state index in [1.165, 1.54) is 0 Å². The minimum atomic E-state index is -0.216. The molecule has 2 aromatic rings. The Morgan fingerprint density at radius 1 is 1.36 bits per heavy atom. The number of likely N-dealkylation sites (tertiary alicyclic amines) is 1. The first-order valence-electron chi connectivity index (χ1n) is 8.68. The highest BCUT2D eigenvalue weighted by atomic mass is 16.5. The molecule has 8 heteroatoms. The molecule has 1 aliphatic heterocycles. The third-order valence-corrected chi connectivity index (χ3v) is 4.22. The van der Waals surface area contributed by atoms with Crippen molar-refractivity contribution in [2.75, 3.05) is 12.3 Å². The molecule has 0 aromatic carbocycles. The summed E-state index contributed by atoms with van der Waals surface area (Å²) in [6.07, 6.45) is 3.50. The van der Waals surface area contributed by atoms with Crippen LogP contribution in [-0.4, -0.2) is 37.5 Å². The number of nitrogens with zero attached hydrogens (tertiary/aromatic N) is 5. The topological polar surface area (TPSA) is 111 Å². The minimum Gasteiger partial charge on any atom is -0.368 e. The molecule has 0 bridgehead atoms. The second-order valence-corrected chi connectivity index (χ2v) is 6.89. The number of piperidine rings is 1. The molecule has 8 nitrogen and oxygen atoms in total. The number of hydrogen-bond donors (Lipinski definition) is 1. The molecule has 1 aliphatic rings. The van der Waals surface area contributed by atoms with Crippen LogP contribution in [0.1, 0.15) is 67.0 Å². The van der Waals surface area contributed by atoms with Gasteiger partial charge in [-0.25, -0.2) is 9.97 Å². The average Bonchev–Trinajstić information content (AvgIpc) is 2.99. The quantitative estimate of drug-likeness (QED) is 0.906. The van der Waals surface area contributed by atoms with Crippen molar-refractivity contribution in [3.05, 3.63) is 29.2 Å². The number of aryl methyl sites for hydroxylation is 1. The molecule has 0 spiro atoms. The maximum Gasteiger partial charge on any atom is 0.273 e. The number of nitrogens with two attached hydrogens (primary N) is 1. The molecule has 134 valence electrons. The number of anilines is 1. The predicted molar refractivity (Wildman–Crippen MR) is 91.6 cm³/mol. The lowest BCUT2D eigenvalue weighted by Gasteiger charge is -2.33. The molecule has 1 saturated heterocycles. The lowest BCUT2D eigenvalue weighted by atomic mass is 10.0. The van der Waals surface area contributed by atoms with Crippen LogP contribution in [0.5, 0.6) is 0 Å². The lowest BCUT2D eigenvalue weighted by molar-refractivity contribution is 0.0555. The number of nitrogen functional groups attached to an aromatic ring is 1. The summed E-state index contributed by atoms with van der Waals surface area (Å²) in [6, 6.07) is 1.52. The second-order valence-electron chi connectivity index (χ2n) is 6.89. The summed E-state index contributed by atoms with van der Waals surface area (Å²) in [5.74, 6) is 1.43. The third-order valence-electron chi connectivity index (χ3n) is 4.22. The molecule has 3 rings (SSSR count). The van der Waals surface area contributed by atoms with E-state index in [0.29, 0.717) is 29.9 Å². The van der Waals surface area contributed by atoms with Gasteiger partial charge in [0.15, 0.2) is 5.82 Å². The van der Waals surface area contributed by atoms with Crippen LogP contribution in [0.25, 0.3) is 0 Å². The van der Waals surface area contributed by atoms with E-state index in [1.54, 1.807) is 17.9 Å². The highest BCUT2D eigenvalue weighted by Gasteiger charge is 2.33. The third kappa shape index (κ3) is 3.94. The van der Waals surface area contributed by atoms with Crippen LogP contribution in [-0.2, 0) is 6.42 Å². The molecule has 0 aliphatic carbocycles. The van der Waals surface area contributed by atoms with Crippen LogP contribution in [0.3, 0.4) is 0 Å². The molecule has 25 heavy (non-hydrogen) atoms. The fourth-order valence-corrected chi connectivity index (χ4v) is 3.18. The standard InChI is InChI=1S/C17H24N6O2/c1-10(2)8-12-9-13(21-17(18)20-12)16(24)23-7-5-4-6-14(23)15-19-11(3)22-25-15/h9-10,14H,4-8H2,1-3H3,(H2,18,20,21). The fraction of sp³-hybridized carbons (Fsp3) is 0.588. The first-order valence-corrected chi connectivity index (χ1v) is 8.68. The van der Waals surface area contributed by atoms with Gasteiger partial charge in [0.25, 0.3) is 5.91 Å². The highest BCUT2D eigenvalue weighted by Crippen LogP contribution is 2.31. The summed E-state index contributed by atoms with van der Waals surface area (Å²) in [5, 5.41) is 3.85. The first kappa shape index (κ1) is 17.3. The zero-order chi connectivity index (χ0) is 18.0. The van der Waals surface area contributed by atoms with Gasteiger partial charge in [-0.05, 0) is 44.6 Å². The van der Waals surface area contributed by atoms with Crippen molar-refractivity contribution in [2.24, 2.45) is 5.92 Å². The van der Waals surface area contributed by atoms with Gasteiger partial charge in [0.05, 0.1) is 0 Å². The molecule has 1 unspecified atom stereocenters. The maximum atomic E-state index is 13.1. The van der Waals surface area contributed by atoms with E-state index >= 15 is 0 Å². The van der Waals surface area contributed by atoms with Crippen molar-refractivity contribution in [3.8, 4) is 0 Å². The van der Waals surface area contributed by atoms with Crippen LogP contribution in [0.2, 0.25) is 0 Å². The Hall–Kier alpha value is -2.51. The van der Waals surface area contributed by atoms with Crippen molar-refractivity contribution in [3.63, 3.8) is 0 Å². The smallest absolute Gasteiger partial charge is 0.273 e. The predicted octanol–water partition coefficient (Wildman–Crippen LogP) is 2.32. The maximum absolute atomic E-state index is 13.1. The zero-order valence-corrected chi connectivity index (χ0v) is 14.9. The van der Waals surface area contributed by atoms with E-state index in [-0.39, 0.29) is 17.9 Å². The van der Waals surface area contributed by atoms with Gasteiger partial charge in [0, 0.05) is 12.2 Å². The largest absolute Gasteiger partial charge is 0.368 e. The van der Waals surface area contributed by atoms with Gasteiger partial charge in [0.2, 0.25) is 11.8 Å². The van der Waals surface area contributed by atoms with Crippen molar-refractivity contribution in [1.82, 2.24) is 25.0 Å². The summed E-state index contributed by atoms with van der Waals surface area (Å²) in [4.78, 5) is 27.5. The van der Waals surface area contributed by atoms with Gasteiger partial charge in [-0.2, -0.15) is 4.98 Å². The van der Waals surface area contributed by atoms with Crippen molar-refractivity contribution >= 4 is 11.9 Å². The monoisotopic (exact) mass is 344 g/mol. The van der Waals surface area contributed by atoms with Crippen molar-refractivity contribution in [2.45, 2.75) is 52.5 Å². The van der Waals surface area contributed by atoms with Crippen molar-refractivity contribution in [1.29, 1.82) is 0 Å². The van der Waals surface area contributed by atoms with E-state index in [1.807, 2.05) is 0 Å². The number of hydrogen-bond acceptors (Lipinski definition) is 7. The summed E-state index contributed by atoms with van der Waals surface area (Å²) >= 11 is 0. The summed E-state index contributed by atoms with van der Waals surface area (Å²) in [5.41, 5.74) is 6.93. The molecular weight excluding hydrogens is 320 g/mol. The second kappa shape index (κ2) is 7.16. The first-order chi connectivity index (χ1) is 11.9. The van der Waals surface area contributed by atoms with E-state index < -0.39 is 0 Å². The molecule has 1 fully saturated rings. The van der Waals surface area contributed by atoms with Crippen LogP contribution >= 0.6 is 0 Å². The number of amides is 1. The molecule has 1 amide bonds. The Balaban J connectivity index is 1.88. The van der Waals surface area contributed by atoms with E-state index in [9.17, 15) is 4.79 Å². The Kier molecular flexibility index (Phi) is 4.96. The number of carbonyl (C=O) groups excluding carboxylic acids is 1. The van der Waals surface area contributed by atoms with Gasteiger partial charge in [-0.15, -0.1) is 0 Å². The molecule has 1 atom stereocenters. The Morgan fingerprint density at radius 3 is 2.84 bits per heavy atom. The molecule has 2 aromatic heterocycles. The molecule has 3 heterocycles. The van der Waals surface area contributed by atoms with E-state index in [2.05, 4.69) is 34.0 Å². The van der Waals surface area contributed by atoms with E-state index in [0.717, 1.165) is 31.4 Å². The number of carbonyl (C=O) groups is 1. The molecule has 0 saturated carbocycles. The zero-order valence-electron chi connectivity index (χ0n) is 14.9. The summed E-state index contributed by atoms with van der Waals surface area (Å²) in [6.45, 7) is 6.59. The molecule has 0 radical (unpaired) electrons. The fourth-order valence-electron chi connectivity index (χ4n) is 3.18. The number of aromatic nitrogens is 4. The average molecular weight is 344 g/mol. The molecule has 2 N–H and O–H groups in total. The van der Waals surface area contributed by atoms with Crippen LogP contribution < -0.4 is 5.73 Å². The SMILES string of the molecule is Cc1noc(C2CCCCN2C(=O)c2cc(CC(C)C)nc(N)n2)n1. The Morgan fingerprint density at radius 2 is 2.16 bits per heavy atom. The van der Waals surface area contributed by atoms with Crippen LogP contribution in [0.15, 0.2) is 10.6 Å². The molecular formula is C17H24N6O2. The van der Waals surface area contributed by atoms with Gasteiger partial charge < -0.3 is 15.2 Å². The highest BCUT2D eigenvalue weighted by molar-refractivity contribution is 5.93. The van der Waals surface area contributed by atoms with Crippen molar-refractivity contribution < 1.29 is 9.32 Å². The Bertz CT molecular complexity index is 757. The normalized spacial score (nSPS) is 17.9.